The van der Waals surface area contributed by atoms with E-state index in [2.05, 4.69) is 104 Å². The molecule has 3 aromatic heterocycles. The molecule has 8 aromatic rings. The standard InChI is InChI=1S/C19H23N3O2S.C18H20FN3O3.C16H20O.C12H16O2/c1-12(2)8-14(23)11-24-15-5-6-16-17(9-15)25-19(22-16)13-4-7-18(20-3)21-10-13;1-11(2)6-7-25-18(24)16-15-9-21(3)17(23)13-8-12(19)4-5-14(13)22(15)10-20-16;1-13(2)6-5-11-17-16-10-9-14-7-3-4-8-15(14)12-16;1-4-14-12(13)11-7-5-10(6-8-11)9(2)3/h4-7,9-10,12,14,23H,8,11H2,1-3H3,(H,20,21);4-5,8,10-11H,6-7,9H2,1-3H3;3-4,7-10,12-13H,5-6,11H2,1-2H3;5-9H,4H2,1-3H3/t14-;;;/m1.../s1. The maximum absolute atomic E-state index is 13.6. The van der Waals surface area contributed by atoms with Crippen molar-refractivity contribution in [2.75, 3.05) is 45.8 Å². The van der Waals surface area contributed by atoms with Crippen molar-refractivity contribution in [2.24, 2.45) is 17.8 Å². The predicted molar refractivity (Wildman–Crippen MR) is 322 cm³/mol. The minimum atomic E-state index is -0.513. The Morgan fingerprint density at radius 3 is 2.15 bits per heavy atom. The van der Waals surface area contributed by atoms with Crippen LogP contribution in [0.4, 0.5) is 10.2 Å². The highest BCUT2D eigenvalue weighted by atomic mass is 32.1. The largest absolute Gasteiger partial charge is 0.494 e. The number of rotatable bonds is 19. The van der Waals surface area contributed by atoms with E-state index in [1.54, 1.807) is 29.9 Å². The van der Waals surface area contributed by atoms with Gasteiger partial charge in [-0.2, -0.15) is 0 Å². The molecule has 1 aliphatic heterocycles. The molecule has 430 valence electrons. The summed E-state index contributed by atoms with van der Waals surface area (Å²) < 4.78 is 38.0. The first-order chi connectivity index (χ1) is 38.8. The van der Waals surface area contributed by atoms with Gasteiger partial charge in [0.25, 0.3) is 5.91 Å². The van der Waals surface area contributed by atoms with Crippen molar-refractivity contribution in [3.63, 3.8) is 0 Å². The van der Waals surface area contributed by atoms with Crippen LogP contribution in [0, 0.1) is 23.6 Å². The molecule has 2 N–H and O–H groups in total. The predicted octanol–water partition coefficient (Wildman–Crippen LogP) is 14.6. The van der Waals surface area contributed by atoms with Gasteiger partial charge in [0, 0.05) is 25.9 Å². The number of aromatic nitrogens is 4. The highest BCUT2D eigenvalue weighted by Gasteiger charge is 2.29. The summed E-state index contributed by atoms with van der Waals surface area (Å²) in [4.78, 5) is 50.8. The number of hydrogen-bond acceptors (Lipinski definition) is 13. The molecule has 0 saturated carbocycles. The van der Waals surface area contributed by atoms with E-state index in [0.717, 1.165) is 69.9 Å². The van der Waals surface area contributed by atoms with Gasteiger partial charge in [0.2, 0.25) is 0 Å². The average molecular weight is 1120 g/mol. The Labute approximate surface area is 480 Å². The summed E-state index contributed by atoms with van der Waals surface area (Å²) in [5, 5.41) is 16.4. The second-order valence-corrected chi connectivity index (χ2v) is 22.4. The maximum atomic E-state index is 13.6. The third-order valence-electron chi connectivity index (χ3n) is 13.0. The molecule has 0 saturated heterocycles. The number of halogens is 1. The zero-order chi connectivity index (χ0) is 58.6. The van der Waals surface area contributed by atoms with E-state index in [1.807, 2.05) is 81.7 Å². The Bertz CT molecular complexity index is 3280. The van der Waals surface area contributed by atoms with Crippen LogP contribution in [0.25, 0.3) is 37.2 Å². The van der Waals surface area contributed by atoms with Gasteiger partial charge in [0.15, 0.2) is 5.69 Å². The molecule has 0 fully saturated rings. The zero-order valence-electron chi connectivity index (χ0n) is 48.7. The van der Waals surface area contributed by atoms with Crippen molar-refractivity contribution in [1.82, 2.24) is 24.4 Å². The van der Waals surface area contributed by atoms with Crippen molar-refractivity contribution in [2.45, 2.75) is 107 Å². The summed E-state index contributed by atoms with van der Waals surface area (Å²) in [7, 11) is 3.45. The van der Waals surface area contributed by atoms with Gasteiger partial charge in [-0.15, -0.1) is 11.3 Å². The van der Waals surface area contributed by atoms with E-state index < -0.39 is 17.9 Å². The second-order valence-electron chi connectivity index (χ2n) is 21.4. The third-order valence-corrected chi connectivity index (χ3v) is 14.1. The van der Waals surface area contributed by atoms with Crippen LogP contribution < -0.4 is 14.8 Å². The van der Waals surface area contributed by atoms with Crippen molar-refractivity contribution in [3.05, 3.63) is 162 Å². The lowest BCUT2D eigenvalue weighted by atomic mass is 10.0. The van der Waals surface area contributed by atoms with Crippen molar-refractivity contribution in [1.29, 1.82) is 0 Å². The van der Waals surface area contributed by atoms with Crippen LogP contribution in [0.3, 0.4) is 0 Å². The minimum absolute atomic E-state index is 0.181. The highest BCUT2D eigenvalue weighted by molar-refractivity contribution is 7.21. The number of esters is 2. The Kier molecular flexibility index (Phi) is 23.7. The molecule has 1 amide bonds. The molecule has 4 heterocycles. The number of pyridine rings is 1. The SMILES string of the molecule is CC(C)CCCOc1ccc2ccccc2c1.CC(C)CCOC(=O)c1ncn2c1CN(C)C(=O)c1cc(F)ccc1-2.CCOC(=O)c1ccc(C(C)C)cc1.CNc1ccc(-c2nc3ccc(OC[C@H](O)CC(C)C)cc3s2)cn1. The number of aliphatic hydroxyl groups excluding tert-OH is 1. The molecule has 81 heavy (non-hydrogen) atoms. The number of aliphatic hydroxyl groups is 1. The first-order valence-corrected chi connectivity index (χ1v) is 28.7. The molecule has 14 nitrogen and oxygen atoms in total. The number of thiazole rings is 1. The Morgan fingerprint density at radius 2 is 1.48 bits per heavy atom. The number of benzene rings is 5. The van der Waals surface area contributed by atoms with Gasteiger partial charge in [0.1, 0.15) is 41.1 Å². The quantitative estimate of drug-likeness (QED) is 0.0582. The van der Waals surface area contributed by atoms with E-state index in [4.69, 9.17) is 18.9 Å². The van der Waals surface area contributed by atoms with Gasteiger partial charge in [-0.3, -0.25) is 9.36 Å². The summed E-state index contributed by atoms with van der Waals surface area (Å²) in [5.74, 6) is 3.15. The topological polar surface area (TPSA) is 167 Å². The number of amides is 1. The number of ether oxygens (including phenoxy) is 4. The van der Waals surface area contributed by atoms with Crippen LogP contribution in [0.1, 0.15) is 136 Å². The molecular formula is C65H79FN6O8S. The summed E-state index contributed by atoms with van der Waals surface area (Å²) in [6.45, 7) is 20.9. The molecule has 0 unspecified atom stereocenters. The van der Waals surface area contributed by atoms with E-state index in [-0.39, 0.29) is 29.7 Å². The third kappa shape index (κ3) is 18.7. The number of carbonyl (C=O) groups excluding carboxylic acids is 3. The van der Waals surface area contributed by atoms with Crippen LogP contribution in [0.2, 0.25) is 0 Å². The van der Waals surface area contributed by atoms with Gasteiger partial charge in [-0.05, 0) is 145 Å². The molecule has 0 radical (unpaired) electrons. The molecule has 9 rings (SSSR count). The fourth-order valence-electron chi connectivity index (χ4n) is 8.50. The van der Waals surface area contributed by atoms with Crippen molar-refractivity contribution >= 4 is 56.0 Å². The first kappa shape index (κ1) is 62.5. The number of anilines is 1. The monoisotopic (exact) mass is 1120 g/mol. The lowest BCUT2D eigenvalue weighted by Gasteiger charge is -2.14. The van der Waals surface area contributed by atoms with Crippen LogP contribution >= 0.6 is 11.3 Å². The Morgan fingerprint density at radius 1 is 0.765 bits per heavy atom. The van der Waals surface area contributed by atoms with Crippen molar-refractivity contribution < 1.29 is 42.8 Å². The molecular weight excluding hydrogens is 1040 g/mol. The molecule has 5 aromatic carbocycles. The van der Waals surface area contributed by atoms with Gasteiger partial charge >= 0.3 is 11.9 Å². The molecule has 16 heteroatoms. The molecule has 1 aliphatic rings. The summed E-state index contributed by atoms with van der Waals surface area (Å²) >= 11 is 1.61. The summed E-state index contributed by atoms with van der Waals surface area (Å²) in [6, 6.07) is 36.0. The number of fused-ring (bicyclic) bond motifs is 5. The Hall–Kier alpha value is -7.69. The van der Waals surface area contributed by atoms with Crippen LogP contribution in [0.15, 0.2) is 128 Å². The Balaban J connectivity index is 0.000000179. The normalized spacial score (nSPS) is 12.1. The van der Waals surface area contributed by atoms with Gasteiger partial charge in [-0.1, -0.05) is 97.9 Å². The van der Waals surface area contributed by atoms with E-state index >= 15 is 0 Å². The van der Waals surface area contributed by atoms with Crippen LogP contribution in [0.5, 0.6) is 11.5 Å². The molecule has 0 bridgehead atoms. The average Bonchev–Trinajstić information content (AvgIpc) is 4.01. The number of imidazole rings is 1. The summed E-state index contributed by atoms with van der Waals surface area (Å²) in [5.41, 5.74) is 5.26. The second kappa shape index (κ2) is 30.8. The van der Waals surface area contributed by atoms with Crippen molar-refractivity contribution in [3.8, 4) is 27.8 Å². The minimum Gasteiger partial charge on any atom is -0.494 e. The number of nitrogens with zero attached hydrogens (tertiary/aromatic N) is 5. The maximum Gasteiger partial charge on any atom is 0.358 e. The zero-order valence-corrected chi connectivity index (χ0v) is 49.5. The first-order valence-electron chi connectivity index (χ1n) is 27.9. The smallest absolute Gasteiger partial charge is 0.358 e. The van der Waals surface area contributed by atoms with Gasteiger partial charge < -0.3 is 34.3 Å². The lowest BCUT2D eigenvalue weighted by Crippen LogP contribution is -2.26. The molecule has 1 atom stereocenters. The van der Waals surface area contributed by atoms with Gasteiger partial charge in [0.05, 0.1) is 65.2 Å². The number of nitrogens with one attached hydrogen (secondary N) is 1. The number of carbonyl (C=O) groups is 3. The lowest BCUT2D eigenvalue weighted by molar-refractivity contribution is 0.0476. The molecule has 0 spiro atoms. The highest BCUT2D eigenvalue weighted by Crippen LogP contribution is 2.33. The van der Waals surface area contributed by atoms with Crippen LogP contribution in [-0.4, -0.2) is 94.0 Å². The fraction of sp³-hybridized carbons (Fsp3) is 0.385. The van der Waals surface area contributed by atoms with Gasteiger partial charge in [-0.25, -0.2) is 28.9 Å². The van der Waals surface area contributed by atoms with Crippen LogP contribution in [-0.2, 0) is 16.0 Å². The number of hydrogen-bond donors (Lipinski definition) is 2. The van der Waals surface area contributed by atoms with E-state index in [9.17, 15) is 23.9 Å². The van der Waals surface area contributed by atoms with E-state index in [1.165, 1.54) is 52.2 Å². The fourth-order valence-corrected chi connectivity index (χ4v) is 9.48. The summed E-state index contributed by atoms with van der Waals surface area (Å²) in [6.07, 6.45) is 6.72. The molecule has 0 aliphatic carbocycles. The van der Waals surface area contributed by atoms with E-state index in [0.29, 0.717) is 54.5 Å².